The molecule has 1 unspecified atom stereocenters. The molecular formula is C40H70N2O8. The fraction of sp³-hybridized carbons (Fsp3) is 0.900. The second kappa shape index (κ2) is 18.4. The fourth-order valence-corrected chi connectivity index (χ4v) is 10.7. The molecule has 4 rings (SSSR count). The molecule has 0 saturated heterocycles. The molecular weight excluding hydrogens is 636 g/mol. The van der Waals surface area contributed by atoms with Gasteiger partial charge in [0.2, 0.25) is 0 Å². The summed E-state index contributed by atoms with van der Waals surface area (Å²) in [7, 11) is 0. The molecule has 0 aromatic heterocycles. The maximum Gasteiger partial charge on any atom is 0.407 e. The summed E-state index contributed by atoms with van der Waals surface area (Å²) in [6.45, 7) is 12.4. The number of nitrogens with one attached hydrogen (secondary N) is 2. The summed E-state index contributed by atoms with van der Waals surface area (Å²) in [6, 6.07) is 0. The van der Waals surface area contributed by atoms with Crippen molar-refractivity contribution in [1.29, 1.82) is 0 Å². The van der Waals surface area contributed by atoms with E-state index in [1.54, 1.807) is 0 Å². The molecule has 4 aliphatic rings. The zero-order valence-corrected chi connectivity index (χ0v) is 31.6. The van der Waals surface area contributed by atoms with Crippen molar-refractivity contribution >= 4 is 12.0 Å². The number of carbonyl (C=O) groups excluding carboxylic acids is 2. The van der Waals surface area contributed by atoms with Crippen molar-refractivity contribution in [3.05, 3.63) is 11.6 Å². The molecule has 10 heteroatoms. The Morgan fingerprint density at radius 1 is 0.860 bits per heavy atom. The first-order valence-electron chi connectivity index (χ1n) is 20.0. The largest absolute Gasteiger partial charge is 0.446 e. The van der Waals surface area contributed by atoms with Gasteiger partial charge in [-0.1, -0.05) is 78.4 Å². The van der Waals surface area contributed by atoms with Gasteiger partial charge in [0.25, 0.3) is 5.91 Å². The summed E-state index contributed by atoms with van der Waals surface area (Å²) in [5.74, 6) is 4.00. The van der Waals surface area contributed by atoms with E-state index in [1.165, 1.54) is 56.9 Å². The van der Waals surface area contributed by atoms with Gasteiger partial charge < -0.3 is 40.9 Å². The van der Waals surface area contributed by atoms with Gasteiger partial charge in [-0.05, 0) is 104 Å². The number of amides is 2. The number of hydrogen-bond acceptors (Lipinski definition) is 8. The van der Waals surface area contributed by atoms with Gasteiger partial charge in [-0.2, -0.15) is 0 Å². The van der Waals surface area contributed by atoms with Crippen LogP contribution in [-0.2, 0) is 9.53 Å². The Bertz CT molecular complexity index is 1130. The zero-order valence-electron chi connectivity index (χ0n) is 31.6. The number of ether oxygens (including phenoxy) is 1. The minimum absolute atomic E-state index is 0.0761. The van der Waals surface area contributed by atoms with Gasteiger partial charge >= 0.3 is 6.09 Å². The molecule has 0 bridgehead atoms. The van der Waals surface area contributed by atoms with Crippen LogP contribution in [0.2, 0.25) is 0 Å². The Morgan fingerprint density at radius 2 is 1.56 bits per heavy atom. The van der Waals surface area contributed by atoms with Crippen LogP contribution in [0.25, 0.3) is 0 Å². The first-order chi connectivity index (χ1) is 23.7. The third kappa shape index (κ3) is 9.63. The van der Waals surface area contributed by atoms with E-state index < -0.39 is 36.9 Å². The average molecular weight is 707 g/mol. The lowest BCUT2D eigenvalue weighted by molar-refractivity contribution is -0.148. The molecule has 50 heavy (non-hydrogen) atoms. The summed E-state index contributed by atoms with van der Waals surface area (Å²) in [5.41, 5.74) is 2.24. The maximum atomic E-state index is 12.7. The molecule has 2 amide bonds. The zero-order chi connectivity index (χ0) is 36.6. The van der Waals surface area contributed by atoms with Crippen LogP contribution in [0.15, 0.2) is 11.6 Å². The van der Waals surface area contributed by atoms with Crippen molar-refractivity contribution < 1.29 is 39.9 Å². The number of carbonyl (C=O) groups is 2. The van der Waals surface area contributed by atoms with Gasteiger partial charge in [0.15, 0.2) is 6.10 Å². The number of aliphatic hydroxyl groups is 5. The molecule has 0 aliphatic heterocycles. The molecule has 288 valence electrons. The highest BCUT2D eigenvalue weighted by molar-refractivity contribution is 5.81. The van der Waals surface area contributed by atoms with Crippen molar-refractivity contribution in [2.75, 3.05) is 19.7 Å². The minimum atomic E-state index is -1.92. The summed E-state index contributed by atoms with van der Waals surface area (Å²) in [4.78, 5) is 24.7. The van der Waals surface area contributed by atoms with Crippen LogP contribution in [0.3, 0.4) is 0 Å². The number of alkyl carbamates (subject to hydrolysis) is 1. The second-order valence-electron chi connectivity index (χ2n) is 17.4. The monoisotopic (exact) mass is 707 g/mol. The number of fused-ring (bicyclic) bond motifs is 5. The molecule has 4 aliphatic carbocycles. The van der Waals surface area contributed by atoms with Crippen LogP contribution < -0.4 is 10.6 Å². The maximum absolute atomic E-state index is 12.7. The summed E-state index contributed by atoms with van der Waals surface area (Å²) < 4.78 is 5.92. The number of hydrogen-bond donors (Lipinski definition) is 7. The second-order valence-corrected chi connectivity index (χ2v) is 17.4. The Kier molecular flexibility index (Phi) is 15.1. The Labute approximate surface area is 301 Å². The van der Waals surface area contributed by atoms with E-state index in [0.29, 0.717) is 18.4 Å². The Morgan fingerprint density at radius 3 is 2.24 bits per heavy atom. The van der Waals surface area contributed by atoms with E-state index in [4.69, 9.17) is 9.84 Å². The van der Waals surface area contributed by atoms with Crippen molar-refractivity contribution in [2.24, 2.45) is 46.3 Å². The van der Waals surface area contributed by atoms with Gasteiger partial charge in [-0.15, -0.1) is 0 Å². The van der Waals surface area contributed by atoms with E-state index in [0.717, 1.165) is 74.0 Å². The van der Waals surface area contributed by atoms with E-state index in [1.807, 2.05) is 0 Å². The smallest absolute Gasteiger partial charge is 0.407 e. The van der Waals surface area contributed by atoms with Gasteiger partial charge in [-0.25, -0.2) is 4.79 Å². The first kappa shape index (κ1) is 41.0. The number of allylic oxidation sites excluding steroid dienone is 1. The lowest BCUT2D eigenvalue weighted by atomic mass is 9.47. The molecule has 7 N–H and O–H groups in total. The number of unbranched alkanes of at least 4 members (excludes halogenated alkanes) is 3. The van der Waals surface area contributed by atoms with Crippen LogP contribution in [0.5, 0.6) is 0 Å². The van der Waals surface area contributed by atoms with Crippen LogP contribution in [-0.4, -0.2) is 87.7 Å². The predicted octanol–water partition coefficient (Wildman–Crippen LogP) is 5.24. The van der Waals surface area contributed by atoms with Crippen LogP contribution >= 0.6 is 0 Å². The third-order valence-corrected chi connectivity index (χ3v) is 13.7. The first-order valence-corrected chi connectivity index (χ1v) is 20.0. The molecule has 0 heterocycles. The highest BCUT2D eigenvalue weighted by atomic mass is 16.6. The van der Waals surface area contributed by atoms with Crippen molar-refractivity contribution in [3.63, 3.8) is 0 Å². The van der Waals surface area contributed by atoms with Crippen LogP contribution in [0.1, 0.15) is 131 Å². The highest BCUT2D eigenvalue weighted by Crippen LogP contribution is 2.67. The Hall–Kier alpha value is -1.72. The topological polar surface area (TPSA) is 169 Å². The van der Waals surface area contributed by atoms with Gasteiger partial charge in [0, 0.05) is 19.5 Å². The molecule has 3 saturated carbocycles. The molecule has 12 atom stereocenters. The van der Waals surface area contributed by atoms with Crippen LogP contribution in [0, 0.1) is 46.3 Å². The van der Waals surface area contributed by atoms with Crippen molar-refractivity contribution in [2.45, 2.75) is 161 Å². The summed E-state index contributed by atoms with van der Waals surface area (Å²) in [6.07, 6.45) is 11.5. The standard InChI is InChI=1S/C40H70N2O8/c1-25(2)11-10-12-26(3)30-15-16-31-29-14-13-27-23-28(17-19-39(27,4)32(29)18-20-40(30,31)5)50-38(49)42-22-9-7-6-8-21-41-37(48)36(47)35(46)34(45)33(44)24-43/h13,25-26,28-36,43-47H,6-12,14-24H2,1-5H3,(H,41,48)(H,42,49)/t26-,28?,29+,30-,31+,32+,33-,34-,35+,36-,39+,40-/m1/s1. The third-order valence-electron chi connectivity index (χ3n) is 13.7. The predicted molar refractivity (Wildman–Crippen MR) is 194 cm³/mol. The van der Waals surface area contributed by atoms with E-state index in [2.05, 4.69) is 51.3 Å². The molecule has 3 fully saturated rings. The van der Waals surface area contributed by atoms with Gasteiger partial charge in [0.05, 0.1) is 6.61 Å². The van der Waals surface area contributed by atoms with Gasteiger partial charge in [-0.3, -0.25) is 4.79 Å². The van der Waals surface area contributed by atoms with E-state index >= 15 is 0 Å². The lowest BCUT2D eigenvalue weighted by Crippen LogP contribution is -2.51. The number of rotatable bonds is 18. The molecule has 0 aromatic rings. The highest BCUT2D eigenvalue weighted by Gasteiger charge is 2.59. The minimum Gasteiger partial charge on any atom is -0.446 e. The van der Waals surface area contributed by atoms with Crippen LogP contribution in [0.4, 0.5) is 4.79 Å². The lowest BCUT2D eigenvalue weighted by Gasteiger charge is -2.58. The summed E-state index contributed by atoms with van der Waals surface area (Å²) >= 11 is 0. The average Bonchev–Trinajstić information content (AvgIpc) is 3.45. The molecule has 0 spiro atoms. The SMILES string of the molecule is CC(C)CCC[C@@H](C)[C@H]1CC[C@H]2[C@@H]3CC=C4CC(OC(=O)NCCCCCCNC(=O)[C@H](O)[C@@H](O)[C@H](O)[C@H](O)CO)CC[C@]4(C)[C@H]3CC[C@]12C. The normalized spacial score (nSPS) is 33.6. The number of aliphatic hydroxyl groups excluding tert-OH is 5. The van der Waals surface area contributed by atoms with Gasteiger partial charge in [0.1, 0.15) is 24.4 Å². The van der Waals surface area contributed by atoms with Crippen molar-refractivity contribution in [3.8, 4) is 0 Å². The van der Waals surface area contributed by atoms with E-state index in [-0.39, 0.29) is 24.2 Å². The van der Waals surface area contributed by atoms with Crippen molar-refractivity contribution in [1.82, 2.24) is 10.6 Å². The molecule has 10 nitrogen and oxygen atoms in total. The quantitative estimate of drug-likeness (QED) is 0.0751. The molecule has 0 aromatic carbocycles. The Balaban J connectivity index is 1.14. The fourth-order valence-electron chi connectivity index (χ4n) is 10.7. The van der Waals surface area contributed by atoms with E-state index in [9.17, 15) is 30.0 Å². The molecule has 0 radical (unpaired) electrons. The summed E-state index contributed by atoms with van der Waals surface area (Å²) in [5, 5.41) is 53.0.